The molecule has 8 aromatic carbocycles. The zero-order valence-corrected chi connectivity index (χ0v) is 19.6. The Kier molecular flexibility index (Phi) is 4.03. The molecule has 0 aliphatic carbocycles. The number of aliphatic hydroxyl groups excluding tert-OH is 1. The quantitative estimate of drug-likeness (QED) is 0.266. The minimum atomic E-state index is -0.0259. The number of rotatable bonds is 4. The maximum Gasteiger partial charge on any atom is 0.135 e. The van der Waals surface area contributed by atoms with Gasteiger partial charge in [-0.15, -0.1) is 0 Å². The average molecular weight is 463 g/mol. The van der Waals surface area contributed by atoms with Crippen LogP contribution < -0.4 is 4.74 Å². The van der Waals surface area contributed by atoms with E-state index in [1.807, 2.05) is 0 Å². The van der Waals surface area contributed by atoms with Crippen molar-refractivity contribution in [3.05, 3.63) is 103 Å². The number of aliphatic hydroxyl groups is 1. The van der Waals surface area contributed by atoms with Crippen LogP contribution in [0.1, 0.15) is 0 Å². The van der Waals surface area contributed by atoms with E-state index in [2.05, 4.69) is 103 Å². The van der Waals surface area contributed by atoms with E-state index in [-0.39, 0.29) is 13.2 Å². The molecule has 8 rings (SSSR count). The Morgan fingerprint density at radius 1 is 0.500 bits per heavy atom. The van der Waals surface area contributed by atoms with E-state index >= 15 is 0 Å². The third kappa shape index (κ3) is 2.65. The minimum Gasteiger partial charge on any atom is -0.490 e. The second kappa shape index (κ2) is 7.30. The van der Waals surface area contributed by atoms with Crippen LogP contribution in [0.4, 0.5) is 0 Å². The molecule has 8 aromatic rings. The Balaban J connectivity index is 1.48. The Labute approximate surface area is 207 Å². The average Bonchev–Trinajstić information content (AvgIpc) is 2.93. The van der Waals surface area contributed by atoms with Gasteiger partial charge in [0.05, 0.1) is 6.61 Å². The predicted octanol–water partition coefficient (Wildman–Crippen LogP) is 8.52. The standard InChI is InChI=1S/C34H22O2/c35-15-16-36-34-28-14-13-23-6-2-5-22-9-12-26(33(28)31(22)23)19-29(34)27-17-24-10-7-20-3-1-4-21-8-11-25(18-27)32(24)30(20)21/h1-14,17-19,35H,15-16H2. The van der Waals surface area contributed by atoms with Gasteiger partial charge in [-0.1, -0.05) is 78.9 Å². The largest absolute Gasteiger partial charge is 0.490 e. The molecule has 36 heavy (non-hydrogen) atoms. The summed E-state index contributed by atoms with van der Waals surface area (Å²) in [5.41, 5.74) is 2.18. The van der Waals surface area contributed by atoms with Crippen LogP contribution in [0.3, 0.4) is 0 Å². The fourth-order valence-corrected chi connectivity index (χ4v) is 6.21. The first-order chi connectivity index (χ1) is 17.8. The lowest BCUT2D eigenvalue weighted by molar-refractivity contribution is 0.203. The zero-order valence-electron chi connectivity index (χ0n) is 19.6. The van der Waals surface area contributed by atoms with E-state index in [4.69, 9.17) is 4.74 Å². The molecular formula is C34H22O2. The van der Waals surface area contributed by atoms with E-state index in [1.165, 1.54) is 59.2 Å². The van der Waals surface area contributed by atoms with Gasteiger partial charge < -0.3 is 9.84 Å². The Hall–Kier alpha value is -4.40. The molecule has 0 unspecified atom stereocenters. The second-order valence-electron chi connectivity index (χ2n) is 9.69. The van der Waals surface area contributed by atoms with Crippen molar-refractivity contribution in [1.82, 2.24) is 0 Å². The molecule has 170 valence electrons. The highest BCUT2D eigenvalue weighted by Gasteiger charge is 2.18. The first-order valence-electron chi connectivity index (χ1n) is 12.4. The van der Waals surface area contributed by atoms with Crippen LogP contribution in [0.25, 0.3) is 75.8 Å². The monoisotopic (exact) mass is 462 g/mol. The summed E-state index contributed by atoms with van der Waals surface area (Å²) < 4.78 is 6.30. The first-order valence-corrected chi connectivity index (χ1v) is 12.4. The zero-order chi connectivity index (χ0) is 23.8. The lowest BCUT2D eigenvalue weighted by Gasteiger charge is -2.19. The number of benzene rings is 8. The fourth-order valence-electron chi connectivity index (χ4n) is 6.21. The molecule has 0 atom stereocenters. The van der Waals surface area contributed by atoms with Crippen molar-refractivity contribution in [3.8, 4) is 16.9 Å². The van der Waals surface area contributed by atoms with E-state index in [1.54, 1.807) is 0 Å². The summed E-state index contributed by atoms with van der Waals surface area (Å²) in [6.45, 7) is 0.229. The summed E-state index contributed by atoms with van der Waals surface area (Å²) in [4.78, 5) is 0. The van der Waals surface area contributed by atoms with Crippen LogP contribution >= 0.6 is 0 Å². The second-order valence-corrected chi connectivity index (χ2v) is 9.69. The molecule has 0 bridgehead atoms. The molecular weight excluding hydrogens is 440 g/mol. The minimum absolute atomic E-state index is 0.0259. The van der Waals surface area contributed by atoms with E-state index in [0.717, 1.165) is 22.3 Å². The lowest BCUT2D eigenvalue weighted by atomic mass is 9.88. The van der Waals surface area contributed by atoms with Gasteiger partial charge in [0.15, 0.2) is 0 Å². The molecule has 0 aromatic heterocycles. The smallest absolute Gasteiger partial charge is 0.135 e. The molecule has 0 amide bonds. The maximum absolute atomic E-state index is 9.63. The van der Waals surface area contributed by atoms with Gasteiger partial charge in [0, 0.05) is 16.3 Å². The van der Waals surface area contributed by atoms with Crippen molar-refractivity contribution in [2.45, 2.75) is 0 Å². The van der Waals surface area contributed by atoms with E-state index < -0.39 is 0 Å². The highest BCUT2D eigenvalue weighted by molar-refractivity contribution is 6.26. The summed E-state index contributed by atoms with van der Waals surface area (Å²) in [5, 5.41) is 24.5. The summed E-state index contributed by atoms with van der Waals surface area (Å²) in [7, 11) is 0. The van der Waals surface area contributed by atoms with Gasteiger partial charge in [0.2, 0.25) is 0 Å². The highest BCUT2D eigenvalue weighted by Crippen LogP contribution is 2.46. The Morgan fingerprint density at radius 2 is 0.972 bits per heavy atom. The number of hydrogen-bond donors (Lipinski definition) is 1. The van der Waals surface area contributed by atoms with Gasteiger partial charge in [-0.05, 0) is 83.7 Å². The van der Waals surface area contributed by atoms with Crippen molar-refractivity contribution in [3.63, 3.8) is 0 Å². The molecule has 0 saturated heterocycles. The van der Waals surface area contributed by atoms with Gasteiger partial charge in [-0.25, -0.2) is 0 Å². The number of hydrogen-bond acceptors (Lipinski definition) is 2. The van der Waals surface area contributed by atoms with Crippen LogP contribution in [-0.4, -0.2) is 18.3 Å². The van der Waals surface area contributed by atoms with Gasteiger partial charge in [0.25, 0.3) is 0 Å². The maximum atomic E-state index is 9.63. The molecule has 0 saturated carbocycles. The summed E-state index contributed by atoms with van der Waals surface area (Å²) >= 11 is 0. The molecule has 0 heterocycles. The van der Waals surface area contributed by atoms with Crippen LogP contribution in [0.5, 0.6) is 5.75 Å². The van der Waals surface area contributed by atoms with Gasteiger partial charge in [0.1, 0.15) is 12.4 Å². The molecule has 2 nitrogen and oxygen atoms in total. The summed E-state index contributed by atoms with van der Waals surface area (Å²) in [5.74, 6) is 0.836. The number of ether oxygens (including phenoxy) is 1. The van der Waals surface area contributed by atoms with Crippen molar-refractivity contribution in [1.29, 1.82) is 0 Å². The van der Waals surface area contributed by atoms with Crippen LogP contribution in [0.2, 0.25) is 0 Å². The molecule has 0 fully saturated rings. The Bertz CT molecular complexity index is 2010. The summed E-state index contributed by atoms with van der Waals surface area (Å²) in [6.07, 6.45) is 0. The van der Waals surface area contributed by atoms with Crippen LogP contribution in [0.15, 0.2) is 103 Å². The van der Waals surface area contributed by atoms with Crippen molar-refractivity contribution in [2.75, 3.05) is 13.2 Å². The highest BCUT2D eigenvalue weighted by atomic mass is 16.5. The lowest BCUT2D eigenvalue weighted by Crippen LogP contribution is -2.04. The van der Waals surface area contributed by atoms with Gasteiger partial charge in [-0.2, -0.15) is 0 Å². The molecule has 0 spiro atoms. The van der Waals surface area contributed by atoms with Gasteiger partial charge in [-0.3, -0.25) is 0 Å². The van der Waals surface area contributed by atoms with Crippen molar-refractivity contribution in [2.24, 2.45) is 0 Å². The molecule has 0 aliphatic heterocycles. The fraction of sp³-hybridized carbons (Fsp3) is 0.0588. The normalized spacial score (nSPS) is 12.2. The molecule has 1 N–H and O–H groups in total. The van der Waals surface area contributed by atoms with Gasteiger partial charge >= 0.3 is 0 Å². The molecule has 2 heteroatoms. The predicted molar refractivity (Wildman–Crippen MR) is 152 cm³/mol. The van der Waals surface area contributed by atoms with Crippen molar-refractivity contribution < 1.29 is 9.84 Å². The molecule has 0 radical (unpaired) electrons. The topological polar surface area (TPSA) is 29.5 Å². The van der Waals surface area contributed by atoms with Crippen LogP contribution in [0, 0.1) is 0 Å². The van der Waals surface area contributed by atoms with Crippen molar-refractivity contribution >= 4 is 64.6 Å². The first kappa shape index (κ1) is 19.9. The Morgan fingerprint density at radius 3 is 1.56 bits per heavy atom. The van der Waals surface area contributed by atoms with E-state index in [9.17, 15) is 5.11 Å². The summed E-state index contributed by atoms with van der Waals surface area (Å²) in [6, 6.07) is 37.5. The third-order valence-electron chi connectivity index (χ3n) is 7.71. The van der Waals surface area contributed by atoms with E-state index in [0.29, 0.717) is 0 Å². The van der Waals surface area contributed by atoms with Crippen LogP contribution in [-0.2, 0) is 0 Å². The molecule has 0 aliphatic rings. The SMILES string of the molecule is OCCOc1c(-c2cc3ccc4cccc5ccc(c2)c3c45)cc2ccc3cccc4ccc1c2c34. The third-order valence-corrected chi connectivity index (χ3v) is 7.71.